The van der Waals surface area contributed by atoms with Crippen LogP contribution in [0, 0.1) is 6.92 Å². The highest BCUT2D eigenvalue weighted by molar-refractivity contribution is 6.01. The highest BCUT2D eigenvalue weighted by Crippen LogP contribution is 2.41. The van der Waals surface area contributed by atoms with Gasteiger partial charge in [0.05, 0.1) is 18.1 Å². The summed E-state index contributed by atoms with van der Waals surface area (Å²) in [5.41, 5.74) is 2.59. The smallest absolute Gasteiger partial charge is 0.341 e. The third kappa shape index (κ3) is 5.32. The fourth-order valence-corrected chi connectivity index (χ4v) is 4.30. The van der Waals surface area contributed by atoms with Gasteiger partial charge in [0, 0.05) is 5.69 Å². The van der Waals surface area contributed by atoms with Crippen LogP contribution in [0.15, 0.2) is 42.5 Å². The van der Waals surface area contributed by atoms with Gasteiger partial charge in [0.2, 0.25) is 5.91 Å². The molecule has 1 saturated carbocycles. The summed E-state index contributed by atoms with van der Waals surface area (Å²) < 4.78 is 11.2. The molecule has 2 aromatic carbocycles. The van der Waals surface area contributed by atoms with Crippen molar-refractivity contribution in [2.75, 3.05) is 11.9 Å². The van der Waals surface area contributed by atoms with Crippen LogP contribution in [0.2, 0.25) is 0 Å². The predicted molar refractivity (Wildman–Crippen MR) is 127 cm³/mol. The van der Waals surface area contributed by atoms with Crippen LogP contribution in [0.3, 0.4) is 0 Å². The van der Waals surface area contributed by atoms with E-state index in [1.54, 1.807) is 25.1 Å². The number of hydrogen-bond acceptors (Lipinski definition) is 4. The number of ether oxygens (including phenoxy) is 2. The van der Waals surface area contributed by atoms with Crippen molar-refractivity contribution < 1.29 is 19.1 Å². The fraction of sp³-hybridized carbons (Fsp3) is 0.481. The van der Waals surface area contributed by atoms with E-state index in [0.717, 1.165) is 44.1 Å². The number of hydrogen-bond donors (Lipinski definition) is 1. The van der Waals surface area contributed by atoms with Crippen LogP contribution in [0.5, 0.6) is 5.75 Å². The number of esters is 1. The van der Waals surface area contributed by atoms with Gasteiger partial charge in [-0.2, -0.15) is 0 Å². The lowest BCUT2D eigenvalue weighted by atomic mass is 9.68. The molecule has 0 radical (unpaired) electrons. The Morgan fingerprint density at radius 2 is 1.72 bits per heavy atom. The summed E-state index contributed by atoms with van der Waals surface area (Å²) in [7, 11) is 0. The summed E-state index contributed by atoms with van der Waals surface area (Å²) in [6, 6.07) is 13.5. The molecule has 1 aliphatic carbocycles. The third-order valence-corrected chi connectivity index (χ3v) is 6.38. The summed E-state index contributed by atoms with van der Waals surface area (Å²) in [5, 5.41) is 3.10. The molecule has 0 aromatic heterocycles. The van der Waals surface area contributed by atoms with Crippen molar-refractivity contribution in [3.05, 3.63) is 59.2 Å². The summed E-state index contributed by atoms with van der Waals surface area (Å²) >= 11 is 0. The van der Waals surface area contributed by atoms with E-state index in [2.05, 4.69) is 36.5 Å². The molecule has 32 heavy (non-hydrogen) atoms. The van der Waals surface area contributed by atoms with Crippen LogP contribution in [-0.2, 0) is 14.9 Å². The Labute approximate surface area is 191 Å². The van der Waals surface area contributed by atoms with Crippen LogP contribution in [-0.4, -0.2) is 24.6 Å². The van der Waals surface area contributed by atoms with Gasteiger partial charge in [-0.05, 0) is 63.8 Å². The number of anilines is 1. The number of benzene rings is 2. The van der Waals surface area contributed by atoms with E-state index in [1.165, 1.54) is 5.56 Å². The molecule has 1 amide bonds. The zero-order chi connectivity index (χ0) is 23.1. The van der Waals surface area contributed by atoms with Gasteiger partial charge in [0.25, 0.3) is 0 Å². The average Bonchev–Trinajstić information content (AvgIpc) is 2.80. The highest BCUT2D eigenvalue weighted by Gasteiger charge is 2.41. The monoisotopic (exact) mass is 437 g/mol. The molecule has 0 spiro atoms. The van der Waals surface area contributed by atoms with Gasteiger partial charge in [-0.3, -0.25) is 4.79 Å². The van der Waals surface area contributed by atoms with Crippen LogP contribution in [0.4, 0.5) is 5.69 Å². The molecule has 1 atom stereocenters. The van der Waals surface area contributed by atoms with Gasteiger partial charge >= 0.3 is 5.97 Å². The first-order valence-corrected chi connectivity index (χ1v) is 11.8. The molecule has 172 valence electrons. The molecule has 5 heteroatoms. The zero-order valence-corrected chi connectivity index (χ0v) is 19.7. The first kappa shape index (κ1) is 23.8. The molecule has 3 rings (SSSR count). The molecule has 1 N–H and O–H groups in total. The lowest BCUT2D eigenvalue weighted by Crippen LogP contribution is -2.42. The zero-order valence-electron chi connectivity index (χ0n) is 19.7. The topological polar surface area (TPSA) is 64.6 Å². The number of nitrogens with one attached hydrogen (secondary N) is 1. The van der Waals surface area contributed by atoms with Crippen molar-refractivity contribution in [1.82, 2.24) is 0 Å². The Morgan fingerprint density at radius 3 is 2.34 bits per heavy atom. The van der Waals surface area contributed by atoms with Crippen LogP contribution < -0.4 is 10.1 Å². The molecule has 0 aliphatic heterocycles. The summed E-state index contributed by atoms with van der Waals surface area (Å²) in [4.78, 5) is 26.2. The minimum atomic E-state index is -0.554. The Morgan fingerprint density at radius 1 is 1.03 bits per heavy atom. The molecule has 1 fully saturated rings. The number of rotatable bonds is 8. The molecule has 5 nitrogen and oxygen atoms in total. The van der Waals surface area contributed by atoms with Gasteiger partial charge in [-0.15, -0.1) is 0 Å². The minimum Gasteiger partial charge on any atom is -0.490 e. The molecule has 0 heterocycles. The first-order valence-electron chi connectivity index (χ1n) is 11.8. The molecular formula is C27H35NO4. The van der Waals surface area contributed by atoms with Crippen molar-refractivity contribution in [2.24, 2.45) is 0 Å². The van der Waals surface area contributed by atoms with Crippen molar-refractivity contribution in [3.8, 4) is 5.75 Å². The van der Waals surface area contributed by atoms with Crippen LogP contribution in [0.25, 0.3) is 0 Å². The van der Waals surface area contributed by atoms with Gasteiger partial charge in [0.15, 0.2) is 0 Å². The quantitative estimate of drug-likeness (QED) is 0.500. The van der Waals surface area contributed by atoms with E-state index in [4.69, 9.17) is 9.47 Å². The maximum absolute atomic E-state index is 13.6. The molecular weight excluding hydrogens is 402 g/mol. The highest BCUT2D eigenvalue weighted by atomic mass is 16.5. The fourth-order valence-electron chi connectivity index (χ4n) is 4.30. The number of aryl methyl sites for hydroxylation is 1. The predicted octanol–water partition coefficient (Wildman–Crippen LogP) is 6.19. The van der Waals surface area contributed by atoms with Crippen molar-refractivity contribution in [3.63, 3.8) is 0 Å². The van der Waals surface area contributed by atoms with Crippen molar-refractivity contribution in [1.29, 1.82) is 0 Å². The molecule has 0 bridgehead atoms. The van der Waals surface area contributed by atoms with Gasteiger partial charge in [-0.25, -0.2) is 4.79 Å². The number of amides is 1. The number of carbonyl (C=O) groups excluding carboxylic acids is 2. The summed E-state index contributed by atoms with van der Waals surface area (Å²) in [5.74, 6) is 0.000913. The van der Waals surface area contributed by atoms with Gasteiger partial charge in [0.1, 0.15) is 11.3 Å². The van der Waals surface area contributed by atoms with E-state index in [9.17, 15) is 9.59 Å². The van der Waals surface area contributed by atoms with Gasteiger partial charge < -0.3 is 14.8 Å². The second kappa shape index (κ2) is 10.7. The van der Waals surface area contributed by atoms with E-state index in [1.807, 2.05) is 13.8 Å². The van der Waals surface area contributed by atoms with Crippen molar-refractivity contribution >= 4 is 17.6 Å². The Kier molecular flexibility index (Phi) is 7.94. The first-order chi connectivity index (χ1) is 15.4. The van der Waals surface area contributed by atoms with E-state index >= 15 is 0 Å². The van der Waals surface area contributed by atoms with E-state index in [0.29, 0.717) is 17.0 Å². The van der Waals surface area contributed by atoms with Crippen LogP contribution in [0.1, 0.15) is 80.8 Å². The Balaban J connectivity index is 1.91. The molecule has 2 aromatic rings. The third-order valence-electron chi connectivity index (χ3n) is 6.38. The average molecular weight is 438 g/mol. The second-order valence-corrected chi connectivity index (χ2v) is 8.73. The summed E-state index contributed by atoms with van der Waals surface area (Å²) in [6.45, 7) is 8.08. The maximum atomic E-state index is 13.6. The Bertz CT molecular complexity index is 929. The molecule has 0 saturated heterocycles. The standard InChI is InChI=1S/C27H35NO4/c1-5-20(4)32-24-15-14-22(18-23(24)25(29)31-6-2)28-26(30)27(16-8-7-9-17-27)21-12-10-19(3)11-13-21/h10-15,18,20H,5-9,16-17H2,1-4H3,(H,28,30)/t20-/m1/s1. The van der Waals surface area contributed by atoms with E-state index < -0.39 is 11.4 Å². The lowest BCUT2D eigenvalue weighted by molar-refractivity contribution is -0.122. The lowest BCUT2D eigenvalue weighted by Gasteiger charge is -2.36. The van der Waals surface area contributed by atoms with Crippen molar-refractivity contribution in [2.45, 2.75) is 77.7 Å². The van der Waals surface area contributed by atoms with Crippen LogP contribution >= 0.6 is 0 Å². The summed E-state index contributed by atoms with van der Waals surface area (Å²) in [6.07, 6.45) is 5.63. The van der Waals surface area contributed by atoms with Gasteiger partial charge in [-0.1, -0.05) is 56.0 Å². The largest absolute Gasteiger partial charge is 0.490 e. The molecule has 1 aliphatic rings. The second-order valence-electron chi connectivity index (χ2n) is 8.73. The SMILES string of the molecule is CCOC(=O)c1cc(NC(=O)C2(c3ccc(C)cc3)CCCCC2)ccc1O[C@H](C)CC. The molecule has 0 unspecified atom stereocenters. The number of carbonyl (C=O) groups is 2. The Hall–Kier alpha value is -2.82. The normalized spacial score (nSPS) is 16.1. The van der Waals surface area contributed by atoms with E-state index in [-0.39, 0.29) is 18.6 Å². The minimum absolute atomic E-state index is 0.0218. The maximum Gasteiger partial charge on any atom is 0.341 e.